The fraction of sp³-hybridized carbons (Fsp3) is 0.556. The molecular formula is C18H25N3O3S2. The summed E-state index contributed by atoms with van der Waals surface area (Å²) in [6.07, 6.45) is 3.68. The Hall–Kier alpha value is -1.54. The highest BCUT2D eigenvalue weighted by Crippen LogP contribution is 2.34. The Morgan fingerprint density at radius 2 is 2.00 bits per heavy atom. The number of amidine groups is 1. The van der Waals surface area contributed by atoms with Crippen LogP contribution in [0.1, 0.15) is 31.7 Å². The van der Waals surface area contributed by atoms with Crippen molar-refractivity contribution in [3.05, 3.63) is 29.8 Å². The zero-order valence-corrected chi connectivity index (χ0v) is 16.5. The minimum atomic E-state index is -2.92. The van der Waals surface area contributed by atoms with Gasteiger partial charge in [-0.3, -0.25) is 9.79 Å². The topological polar surface area (TPSA) is 87.6 Å². The third-order valence-corrected chi connectivity index (χ3v) is 7.63. The summed E-state index contributed by atoms with van der Waals surface area (Å²) >= 11 is 1.50. The number of hydrogen-bond donors (Lipinski definition) is 2. The van der Waals surface area contributed by atoms with Crippen molar-refractivity contribution in [3.8, 4) is 0 Å². The zero-order chi connectivity index (χ0) is 18.6. The van der Waals surface area contributed by atoms with Gasteiger partial charge >= 0.3 is 0 Å². The van der Waals surface area contributed by atoms with Crippen LogP contribution in [-0.2, 0) is 21.1 Å². The highest BCUT2D eigenvalue weighted by Gasteiger charge is 2.42. The van der Waals surface area contributed by atoms with Gasteiger partial charge in [0.15, 0.2) is 15.0 Å². The molecule has 2 aliphatic rings. The first-order chi connectivity index (χ1) is 12.4. The summed E-state index contributed by atoms with van der Waals surface area (Å²) in [7, 11) is -2.92. The van der Waals surface area contributed by atoms with Crippen LogP contribution in [0.4, 0.5) is 5.69 Å². The lowest BCUT2D eigenvalue weighted by atomic mass is 10.1. The van der Waals surface area contributed by atoms with Gasteiger partial charge in [0, 0.05) is 17.5 Å². The molecule has 6 nitrogen and oxygen atoms in total. The molecule has 3 rings (SSSR count). The molecule has 0 spiro atoms. The molecule has 1 fully saturated rings. The van der Waals surface area contributed by atoms with Crippen LogP contribution in [0.25, 0.3) is 0 Å². The zero-order valence-electron chi connectivity index (χ0n) is 14.9. The van der Waals surface area contributed by atoms with E-state index < -0.39 is 9.84 Å². The monoisotopic (exact) mass is 395 g/mol. The lowest BCUT2D eigenvalue weighted by molar-refractivity contribution is -0.120. The van der Waals surface area contributed by atoms with E-state index in [9.17, 15) is 13.2 Å². The molecule has 0 radical (unpaired) electrons. The van der Waals surface area contributed by atoms with Crippen LogP contribution in [0.15, 0.2) is 29.3 Å². The van der Waals surface area contributed by atoms with Crippen LogP contribution in [-0.4, -0.2) is 48.8 Å². The first-order valence-corrected chi connectivity index (χ1v) is 11.7. The van der Waals surface area contributed by atoms with Crippen molar-refractivity contribution in [1.29, 1.82) is 0 Å². The number of thioether (sulfide) groups is 1. The van der Waals surface area contributed by atoms with Crippen LogP contribution < -0.4 is 10.6 Å². The van der Waals surface area contributed by atoms with E-state index in [2.05, 4.69) is 22.5 Å². The van der Waals surface area contributed by atoms with Crippen molar-refractivity contribution in [2.75, 3.05) is 23.4 Å². The Morgan fingerprint density at radius 1 is 1.23 bits per heavy atom. The molecule has 1 amide bonds. The molecule has 0 saturated carbocycles. The third-order valence-electron chi connectivity index (χ3n) is 4.49. The Labute approximate surface area is 159 Å². The van der Waals surface area contributed by atoms with Gasteiger partial charge in [-0.15, -0.1) is 0 Å². The summed E-state index contributed by atoms with van der Waals surface area (Å²) in [6.45, 7) is 2.88. The molecule has 8 heteroatoms. The Bertz CT molecular complexity index is 775. The number of unbranched alkanes of at least 4 members (excludes halogenated alkanes) is 2. The number of amides is 1. The van der Waals surface area contributed by atoms with Crippen molar-refractivity contribution >= 4 is 38.4 Å². The number of hydrogen-bond acceptors (Lipinski definition) is 6. The van der Waals surface area contributed by atoms with Crippen molar-refractivity contribution < 1.29 is 13.2 Å². The Kier molecular flexibility index (Phi) is 6.24. The number of rotatable bonds is 7. The van der Waals surface area contributed by atoms with Crippen molar-refractivity contribution in [3.63, 3.8) is 0 Å². The predicted octanol–water partition coefficient (Wildman–Crippen LogP) is 2.22. The smallest absolute Gasteiger partial charge is 0.224 e. The number of anilines is 1. The number of fused-ring (bicyclic) bond motifs is 1. The van der Waals surface area contributed by atoms with E-state index in [-0.39, 0.29) is 28.7 Å². The van der Waals surface area contributed by atoms with Gasteiger partial charge in [0.25, 0.3) is 0 Å². The maximum atomic E-state index is 11.9. The van der Waals surface area contributed by atoms with Gasteiger partial charge in [0.1, 0.15) is 0 Å². The molecule has 2 atom stereocenters. The van der Waals surface area contributed by atoms with Crippen LogP contribution in [0.3, 0.4) is 0 Å². The van der Waals surface area contributed by atoms with E-state index >= 15 is 0 Å². The number of nitrogens with zero attached hydrogens (tertiary/aromatic N) is 1. The number of carbonyl (C=O) groups excluding carboxylic acids is 1. The maximum absolute atomic E-state index is 11.9. The minimum Gasteiger partial charge on any atom is -0.356 e. The second-order valence-corrected chi connectivity index (χ2v) is 10.2. The Morgan fingerprint density at radius 3 is 2.69 bits per heavy atom. The van der Waals surface area contributed by atoms with E-state index in [1.54, 1.807) is 0 Å². The number of carbonyl (C=O) groups is 1. The molecule has 0 bridgehead atoms. The molecule has 1 aromatic rings. The summed E-state index contributed by atoms with van der Waals surface area (Å²) in [5.74, 6) is 0.414. The SMILES string of the molecule is CCCCCNC(=O)Cc1ccc(NC2=NC3CS(=O)(=O)CC3S2)cc1. The van der Waals surface area contributed by atoms with Gasteiger partial charge in [-0.1, -0.05) is 43.7 Å². The Balaban J connectivity index is 1.47. The molecule has 142 valence electrons. The largest absolute Gasteiger partial charge is 0.356 e. The number of aliphatic imine (C=N–C) groups is 1. The molecule has 2 aliphatic heterocycles. The van der Waals surface area contributed by atoms with Crippen LogP contribution in [0.5, 0.6) is 0 Å². The molecule has 0 aromatic heterocycles. The minimum absolute atomic E-state index is 0.0400. The van der Waals surface area contributed by atoms with Crippen molar-refractivity contribution in [1.82, 2.24) is 5.32 Å². The normalized spacial score (nSPS) is 23.3. The van der Waals surface area contributed by atoms with Crippen molar-refractivity contribution in [2.45, 2.75) is 43.9 Å². The number of benzene rings is 1. The second-order valence-electron chi connectivity index (χ2n) is 6.79. The standard InChI is InChI=1S/C18H25N3O3S2/c1-2-3-4-9-19-17(22)10-13-5-7-14(8-6-13)20-18-21-15-11-26(23,24)12-16(15)25-18/h5-8,15-16H,2-4,9-12H2,1H3,(H,19,22)(H,20,21). The quantitative estimate of drug-likeness (QED) is 0.691. The maximum Gasteiger partial charge on any atom is 0.224 e. The lowest BCUT2D eigenvalue weighted by Gasteiger charge is -2.08. The van der Waals surface area contributed by atoms with E-state index in [0.29, 0.717) is 6.42 Å². The van der Waals surface area contributed by atoms with Gasteiger partial charge in [-0.2, -0.15) is 0 Å². The van der Waals surface area contributed by atoms with Crippen LogP contribution in [0.2, 0.25) is 0 Å². The summed E-state index contributed by atoms with van der Waals surface area (Å²) in [5, 5.41) is 7.00. The van der Waals surface area contributed by atoms with Gasteiger partial charge in [0.2, 0.25) is 5.91 Å². The first kappa shape index (κ1) is 19.2. The molecule has 2 N–H and O–H groups in total. The molecule has 1 saturated heterocycles. The summed E-state index contributed by atoms with van der Waals surface area (Å²) in [6, 6.07) is 7.59. The summed E-state index contributed by atoms with van der Waals surface area (Å²) in [5.41, 5.74) is 1.86. The average Bonchev–Trinajstić information content (AvgIpc) is 3.06. The predicted molar refractivity (Wildman–Crippen MR) is 108 cm³/mol. The van der Waals surface area contributed by atoms with E-state index in [0.717, 1.165) is 42.2 Å². The second kappa shape index (κ2) is 8.43. The van der Waals surface area contributed by atoms with Gasteiger partial charge in [0.05, 0.1) is 24.0 Å². The average molecular weight is 396 g/mol. The van der Waals surface area contributed by atoms with Crippen LogP contribution in [0, 0.1) is 0 Å². The third kappa shape index (κ3) is 5.23. The number of sulfone groups is 1. The van der Waals surface area contributed by atoms with Gasteiger partial charge in [-0.05, 0) is 24.1 Å². The summed E-state index contributed by atoms with van der Waals surface area (Å²) in [4.78, 5) is 16.4. The molecular weight excluding hydrogens is 370 g/mol. The van der Waals surface area contributed by atoms with E-state index in [4.69, 9.17) is 0 Å². The molecule has 26 heavy (non-hydrogen) atoms. The fourth-order valence-electron chi connectivity index (χ4n) is 3.10. The fourth-order valence-corrected chi connectivity index (χ4v) is 6.77. The van der Waals surface area contributed by atoms with Crippen LogP contribution >= 0.6 is 11.8 Å². The molecule has 2 heterocycles. The van der Waals surface area contributed by atoms with E-state index in [1.165, 1.54) is 11.8 Å². The van der Waals surface area contributed by atoms with Gasteiger partial charge < -0.3 is 10.6 Å². The highest BCUT2D eigenvalue weighted by molar-refractivity contribution is 8.15. The lowest BCUT2D eigenvalue weighted by Crippen LogP contribution is -2.26. The van der Waals surface area contributed by atoms with Crippen molar-refractivity contribution in [2.24, 2.45) is 4.99 Å². The van der Waals surface area contributed by atoms with E-state index in [1.807, 2.05) is 24.3 Å². The highest BCUT2D eigenvalue weighted by atomic mass is 32.2. The molecule has 0 aliphatic carbocycles. The van der Waals surface area contributed by atoms with Gasteiger partial charge in [-0.25, -0.2) is 8.42 Å². The molecule has 1 aromatic carbocycles. The summed E-state index contributed by atoms with van der Waals surface area (Å²) < 4.78 is 23.2. The molecule has 2 unspecified atom stereocenters. The number of nitrogens with one attached hydrogen (secondary N) is 2. The first-order valence-electron chi connectivity index (χ1n) is 9.03.